The van der Waals surface area contributed by atoms with Crippen molar-refractivity contribution in [2.24, 2.45) is 5.92 Å². The van der Waals surface area contributed by atoms with Crippen LogP contribution in [0.2, 0.25) is 0 Å². The lowest BCUT2D eigenvalue weighted by Crippen LogP contribution is -2.28. The monoisotopic (exact) mass is 330 g/mol. The fourth-order valence-electron chi connectivity index (χ4n) is 3.21. The fraction of sp³-hybridized carbons (Fsp3) is 0.412. The number of ether oxygens (including phenoxy) is 2. The Bertz CT molecular complexity index is 842. The molecule has 1 aliphatic heterocycles. The zero-order valence-corrected chi connectivity index (χ0v) is 13.5. The lowest BCUT2D eigenvalue weighted by atomic mass is 9.93. The predicted octanol–water partition coefficient (Wildman–Crippen LogP) is 1.24. The predicted molar refractivity (Wildman–Crippen MR) is 85.5 cm³/mol. The van der Waals surface area contributed by atoms with Gasteiger partial charge in [-0.05, 0) is 25.0 Å². The van der Waals surface area contributed by atoms with Gasteiger partial charge in [0.25, 0.3) is 5.56 Å². The van der Waals surface area contributed by atoms with E-state index in [9.17, 15) is 14.4 Å². The van der Waals surface area contributed by atoms with Gasteiger partial charge in [-0.15, -0.1) is 0 Å². The Hall–Kier alpha value is -2.70. The number of rotatable bonds is 4. The molecule has 1 aliphatic rings. The molecule has 0 saturated heterocycles. The summed E-state index contributed by atoms with van der Waals surface area (Å²) in [4.78, 5) is 40.9. The van der Waals surface area contributed by atoms with E-state index in [1.165, 1.54) is 14.2 Å². The van der Waals surface area contributed by atoms with E-state index in [0.29, 0.717) is 29.7 Å². The summed E-state index contributed by atoms with van der Waals surface area (Å²) in [5.74, 6) is -1.85. The van der Waals surface area contributed by atoms with Crippen molar-refractivity contribution in [2.75, 3.05) is 14.2 Å². The van der Waals surface area contributed by atoms with Crippen molar-refractivity contribution in [1.29, 1.82) is 0 Å². The van der Waals surface area contributed by atoms with E-state index in [0.717, 1.165) is 0 Å². The van der Waals surface area contributed by atoms with Gasteiger partial charge in [-0.25, -0.2) is 4.98 Å². The molecule has 0 fully saturated rings. The molecule has 0 N–H and O–H groups in total. The Morgan fingerprint density at radius 3 is 2.58 bits per heavy atom. The maximum Gasteiger partial charge on any atom is 0.320 e. The molecule has 1 aromatic carbocycles. The number of esters is 2. The number of benzene rings is 1. The molecule has 2 heterocycles. The van der Waals surface area contributed by atoms with E-state index in [-0.39, 0.29) is 17.9 Å². The maximum atomic E-state index is 12.6. The third-order valence-corrected chi connectivity index (χ3v) is 4.45. The Labute approximate surface area is 138 Å². The summed E-state index contributed by atoms with van der Waals surface area (Å²) in [5, 5.41) is 0.569. The van der Waals surface area contributed by atoms with Gasteiger partial charge >= 0.3 is 11.9 Å². The molecule has 1 aromatic heterocycles. The zero-order valence-electron chi connectivity index (χ0n) is 13.5. The van der Waals surface area contributed by atoms with Gasteiger partial charge in [0.05, 0.1) is 25.1 Å². The van der Waals surface area contributed by atoms with Crippen LogP contribution in [0.5, 0.6) is 0 Å². The van der Waals surface area contributed by atoms with E-state index in [4.69, 9.17) is 9.47 Å². The van der Waals surface area contributed by atoms with Crippen LogP contribution in [0.1, 0.15) is 24.6 Å². The van der Waals surface area contributed by atoms with E-state index < -0.39 is 17.9 Å². The van der Waals surface area contributed by atoms with Crippen molar-refractivity contribution in [3.05, 3.63) is 40.4 Å². The number of hydrogen-bond acceptors (Lipinski definition) is 6. The highest BCUT2D eigenvalue weighted by atomic mass is 16.5. The molecule has 126 valence electrons. The van der Waals surface area contributed by atoms with Gasteiger partial charge < -0.3 is 9.47 Å². The van der Waals surface area contributed by atoms with E-state index in [1.807, 2.05) is 6.07 Å². The molecule has 1 unspecified atom stereocenters. The summed E-state index contributed by atoms with van der Waals surface area (Å²) in [6.07, 6.45) is 0.854. The number of methoxy groups -OCH3 is 2. The summed E-state index contributed by atoms with van der Waals surface area (Å²) in [5.41, 5.74) is 0.527. The number of hydrogen-bond donors (Lipinski definition) is 0. The second-order valence-corrected chi connectivity index (χ2v) is 5.76. The first-order chi connectivity index (χ1) is 11.6. The average Bonchev–Trinajstić information content (AvgIpc) is 3.01. The quantitative estimate of drug-likeness (QED) is 0.619. The summed E-state index contributed by atoms with van der Waals surface area (Å²) < 4.78 is 11.0. The van der Waals surface area contributed by atoms with Gasteiger partial charge in [0.15, 0.2) is 5.92 Å². The van der Waals surface area contributed by atoms with Gasteiger partial charge in [-0.1, -0.05) is 12.1 Å². The number of fused-ring (bicyclic) bond motifs is 2. The first kappa shape index (κ1) is 16.2. The highest BCUT2D eigenvalue weighted by molar-refractivity contribution is 5.94. The topological polar surface area (TPSA) is 87.5 Å². The van der Waals surface area contributed by atoms with Crippen LogP contribution in [0.15, 0.2) is 29.1 Å². The summed E-state index contributed by atoms with van der Waals surface area (Å²) in [7, 11) is 2.47. The van der Waals surface area contributed by atoms with Gasteiger partial charge in [-0.2, -0.15) is 0 Å². The minimum Gasteiger partial charge on any atom is -0.468 e. The Morgan fingerprint density at radius 1 is 1.25 bits per heavy atom. The molecular formula is C17H18N2O5. The van der Waals surface area contributed by atoms with E-state index in [1.54, 1.807) is 22.8 Å². The Kier molecular flexibility index (Phi) is 4.33. The Balaban J connectivity index is 1.98. The van der Waals surface area contributed by atoms with Gasteiger partial charge in [0, 0.05) is 12.5 Å². The molecule has 1 atom stereocenters. The minimum atomic E-state index is -1.01. The second-order valence-electron chi connectivity index (χ2n) is 5.76. The normalized spacial score (nSPS) is 16.2. The number of carbonyl (C=O) groups excluding carboxylic acids is 2. The minimum absolute atomic E-state index is 0.0919. The maximum absolute atomic E-state index is 12.6. The molecule has 24 heavy (non-hydrogen) atoms. The van der Waals surface area contributed by atoms with Crippen LogP contribution >= 0.6 is 0 Å². The van der Waals surface area contributed by atoms with Crippen molar-refractivity contribution in [3.63, 3.8) is 0 Å². The summed E-state index contributed by atoms with van der Waals surface area (Å²) >= 11 is 0. The number of carbonyl (C=O) groups is 2. The molecule has 0 radical (unpaired) electrons. The second kappa shape index (κ2) is 6.43. The van der Waals surface area contributed by atoms with Gasteiger partial charge in [0.1, 0.15) is 5.82 Å². The molecule has 3 rings (SSSR count). The fourth-order valence-corrected chi connectivity index (χ4v) is 3.21. The SMILES string of the molecule is COC(=O)C(CC1CCn2c1nc1ccccc1c2=O)C(=O)OC. The Morgan fingerprint density at radius 2 is 1.92 bits per heavy atom. The molecule has 0 saturated carbocycles. The van der Waals surface area contributed by atoms with Crippen LogP contribution < -0.4 is 5.56 Å². The molecule has 7 heteroatoms. The first-order valence-corrected chi connectivity index (χ1v) is 7.72. The zero-order chi connectivity index (χ0) is 17.3. The van der Waals surface area contributed by atoms with Crippen molar-refractivity contribution in [1.82, 2.24) is 9.55 Å². The van der Waals surface area contributed by atoms with Crippen LogP contribution in [0.3, 0.4) is 0 Å². The lowest BCUT2D eigenvalue weighted by molar-refractivity contribution is -0.159. The lowest BCUT2D eigenvalue weighted by Gasteiger charge is -2.16. The van der Waals surface area contributed by atoms with Crippen molar-refractivity contribution in [3.8, 4) is 0 Å². The summed E-state index contributed by atoms with van der Waals surface area (Å²) in [6.45, 7) is 0.520. The van der Waals surface area contributed by atoms with Gasteiger partial charge in [-0.3, -0.25) is 19.0 Å². The van der Waals surface area contributed by atoms with Crippen LogP contribution in [-0.4, -0.2) is 35.7 Å². The van der Waals surface area contributed by atoms with E-state index in [2.05, 4.69) is 4.98 Å². The molecule has 2 aromatic rings. The van der Waals surface area contributed by atoms with Crippen LogP contribution in [0, 0.1) is 5.92 Å². The van der Waals surface area contributed by atoms with Crippen molar-refractivity contribution in [2.45, 2.75) is 25.3 Å². The third-order valence-electron chi connectivity index (χ3n) is 4.45. The standard InChI is InChI=1S/C17H18N2O5/c1-23-16(21)12(17(22)24-2)9-10-7-8-19-14(10)18-13-6-4-3-5-11(13)15(19)20/h3-6,10,12H,7-9H2,1-2H3. The van der Waals surface area contributed by atoms with Crippen LogP contribution in [0.25, 0.3) is 10.9 Å². The van der Waals surface area contributed by atoms with Gasteiger partial charge in [0.2, 0.25) is 0 Å². The molecule has 7 nitrogen and oxygen atoms in total. The van der Waals surface area contributed by atoms with Crippen LogP contribution in [-0.2, 0) is 25.6 Å². The number of nitrogens with zero attached hydrogens (tertiary/aromatic N) is 2. The van der Waals surface area contributed by atoms with Crippen LogP contribution in [0.4, 0.5) is 0 Å². The average molecular weight is 330 g/mol. The highest BCUT2D eigenvalue weighted by Crippen LogP contribution is 2.32. The first-order valence-electron chi connectivity index (χ1n) is 7.72. The summed E-state index contributed by atoms with van der Waals surface area (Å²) in [6, 6.07) is 7.15. The number of aromatic nitrogens is 2. The molecular weight excluding hydrogens is 312 g/mol. The smallest absolute Gasteiger partial charge is 0.320 e. The van der Waals surface area contributed by atoms with Crippen molar-refractivity contribution < 1.29 is 19.1 Å². The van der Waals surface area contributed by atoms with Crippen molar-refractivity contribution >= 4 is 22.8 Å². The third kappa shape index (κ3) is 2.66. The molecule has 0 bridgehead atoms. The molecule has 0 amide bonds. The van der Waals surface area contributed by atoms with E-state index >= 15 is 0 Å². The molecule has 0 spiro atoms. The molecule has 0 aliphatic carbocycles. The number of para-hydroxylation sites is 1. The largest absolute Gasteiger partial charge is 0.468 e. The highest BCUT2D eigenvalue weighted by Gasteiger charge is 2.36.